The van der Waals surface area contributed by atoms with Crippen LogP contribution in [0.2, 0.25) is 4.34 Å². The summed E-state index contributed by atoms with van der Waals surface area (Å²) in [7, 11) is 0. The first-order valence-electron chi connectivity index (χ1n) is 5.42. The van der Waals surface area contributed by atoms with Gasteiger partial charge in [0, 0.05) is 35.8 Å². The molecule has 2 heterocycles. The highest BCUT2D eigenvalue weighted by molar-refractivity contribution is 7.17. The zero-order valence-electron chi connectivity index (χ0n) is 9.52. The number of nitrogens with one attached hydrogen (secondary N) is 2. The number of H-pyrrole nitrogens is 1. The van der Waals surface area contributed by atoms with Crippen LogP contribution < -0.4 is 5.32 Å². The molecule has 94 valence electrons. The molecule has 4 nitrogen and oxygen atoms in total. The van der Waals surface area contributed by atoms with E-state index in [1.165, 1.54) is 17.4 Å². The Morgan fingerprint density at radius 1 is 1.56 bits per heavy atom. The van der Waals surface area contributed by atoms with Crippen molar-refractivity contribution in [2.75, 3.05) is 6.54 Å². The minimum Gasteiger partial charge on any atom is -0.352 e. The van der Waals surface area contributed by atoms with Crippen LogP contribution in [0.3, 0.4) is 0 Å². The summed E-state index contributed by atoms with van der Waals surface area (Å²) in [4.78, 5) is 19.3. The smallest absolute Gasteiger partial charge is 0.244 e. The summed E-state index contributed by atoms with van der Waals surface area (Å²) >= 11 is 7.23. The van der Waals surface area contributed by atoms with E-state index in [1.54, 1.807) is 18.6 Å². The Bertz CT molecular complexity index is 533. The lowest BCUT2D eigenvalue weighted by atomic mass is 10.3. The van der Waals surface area contributed by atoms with Crippen LogP contribution in [0.5, 0.6) is 0 Å². The molecule has 1 amide bonds. The third-order valence-corrected chi connectivity index (χ3v) is 3.44. The van der Waals surface area contributed by atoms with Crippen molar-refractivity contribution in [3.63, 3.8) is 0 Å². The first-order chi connectivity index (χ1) is 8.74. The van der Waals surface area contributed by atoms with E-state index < -0.39 is 0 Å². The Morgan fingerprint density at radius 3 is 3.11 bits per heavy atom. The number of aromatic amines is 1. The van der Waals surface area contributed by atoms with Gasteiger partial charge in [0.05, 0.1) is 10.7 Å². The van der Waals surface area contributed by atoms with Crippen LogP contribution in [0.15, 0.2) is 30.7 Å². The molecule has 0 aliphatic rings. The fourth-order valence-corrected chi connectivity index (χ4v) is 2.34. The summed E-state index contributed by atoms with van der Waals surface area (Å²) in [5.74, 6) is -0.112. The average Bonchev–Trinajstić information content (AvgIpc) is 2.98. The molecule has 18 heavy (non-hydrogen) atoms. The van der Waals surface area contributed by atoms with Gasteiger partial charge in [0.15, 0.2) is 0 Å². The van der Waals surface area contributed by atoms with Crippen LogP contribution in [-0.4, -0.2) is 22.4 Å². The van der Waals surface area contributed by atoms with Gasteiger partial charge in [0.2, 0.25) is 5.91 Å². The number of amides is 1. The van der Waals surface area contributed by atoms with E-state index in [2.05, 4.69) is 15.3 Å². The second kappa shape index (κ2) is 6.37. The fourth-order valence-electron chi connectivity index (χ4n) is 1.38. The predicted molar refractivity (Wildman–Crippen MR) is 73.7 cm³/mol. The van der Waals surface area contributed by atoms with Crippen LogP contribution in [-0.2, 0) is 11.2 Å². The monoisotopic (exact) mass is 281 g/mol. The Balaban J connectivity index is 1.73. The standard InChI is InChI=1S/C12H12ClN3OS/c13-11-3-1-10(18-11)2-4-12(17)15-6-5-9-7-14-8-16-9/h1-4,7-8H,5-6H2,(H,14,16)(H,15,17). The Kier molecular flexibility index (Phi) is 4.55. The number of thiophene rings is 1. The minimum atomic E-state index is -0.112. The SMILES string of the molecule is O=C(C=Cc1ccc(Cl)s1)NCCc1cnc[nH]1. The molecule has 6 heteroatoms. The van der Waals surface area contributed by atoms with Crippen molar-refractivity contribution in [1.82, 2.24) is 15.3 Å². The molecular weight excluding hydrogens is 270 g/mol. The van der Waals surface area contributed by atoms with Crippen molar-refractivity contribution in [2.24, 2.45) is 0 Å². The van der Waals surface area contributed by atoms with E-state index in [9.17, 15) is 4.79 Å². The van der Waals surface area contributed by atoms with Crippen LogP contribution in [0.1, 0.15) is 10.6 Å². The molecule has 0 radical (unpaired) electrons. The lowest BCUT2D eigenvalue weighted by molar-refractivity contribution is -0.116. The maximum absolute atomic E-state index is 11.5. The van der Waals surface area contributed by atoms with Gasteiger partial charge in [0.25, 0.3) is 0 Å². The van der Waals surface area contributed by atoms with Crippen LogP contribution in [0.4, 0.5) is 0 Å². The van der Waals surface area contributed by atoms with E-state index in [-0.39, 0.29) is 5.91 Å². The first kappa shape index (κ1) is 12.9. The molecule has 2 N–H and O–H groups in total. The van der Waals surface area contributed by atoms with Crippen LogP contribution in [0, 0.1) is 0 Å². The predicted octanol–water partition coefficient (Wildman–Crippen LogP) is 2.50. The van der Waals surface area contributed by atoms with E-state index >= 15 is 0 Å². The minimum absolute atomic E-state index is 0.112. The van der Waals surface area contributed by atoms with E-state index in [0.717, 1.165) is 17.0 Å². The second-order valence-electron chi connectivity index (χ2n) is 3.59. The molecule has 0 aromatic carbocycles. The highest BCUT2D eigenvalue weighted by Gasteiger charge is 1.98. The summed E-state index contributed by atoms with van der Waals surface area (Å²) in [6.45, 7) is 0.580. The van der Waals surface area contributed by atoms with Gasteiger partial charge in [0.1, 0.15) is 0 Å². The number of imidazole rings is 1. The van der Waals surface area contributed by atoms with Crippen LogP contribution >= 0.6 is 22.9 Å². The number of carbonyl (C=O) groups excluding carboxylic acids is 1. The number of hydrogen-bond donors (Lipinski definition) is 2. The molecule has 0 bridgehead atoms. The summed E-state index contributed by atoms with van der Waals surface area (Å²) < 4.78 is 0.717. The van der Waals surface area contributed by atoms with Crippen molar-refractivity contribution < 1.29 is 4.79 Å². The van der Waals surface area contributed by atoms with Gasteiger partial charge >= 0.3 is 0 Å². The van der Waals surface area contributed by atoms with Crippen molar-refractivity contribution in [1.29, 1.82) is 0 Å². The molecule has 0 saturated carbocycles. The molecule has 0 spiro atoms. The number of nitrogens with zero attached hydrogens (tertiary/aromatic N) is 1. The fraction of sp³-hybridized carbons (Fsp3) is 0.167. The third-order valence-electron chi connectivity index (χ3n) is 2.24. The molecule has 2 aromatic rings. The summed E-state index contributed by atoms with van der Waals surface area (Å²) in [6, 6.07) is 3.68. The summed E-state index contributed by atoms with van der Waals surface area (Å²) in [6.07, 6.45) is 7.37. The van der Waals surface area contributed by atoms with Gasteiger partial charge in [-0.05, 0) is 18.2 Å². The number of aromatic nitrogens is 2. The zero-order chi connectivity index (χ0) is 12.8. The van der Waals surface area contributed by atoms with Gasteiger partial charge in [-0.3, -0.25) is 4.79 Å². The van der Waals surface area contributed by atoms with Crippen LogP contribution in [0.25, 0.3) is 6.08 Å². The molecule has 0 aliphatic carbocycles. The van der Waals surface area contributed by atoms with Crippen molar-refractivity contribution in [3.05, 3.63) is 45.6 Å². The van der Waals surface area contributed by atoms with E-state index in [1.807, 2.05) is 12.1 Å². The second-order valence-corrected chi connectivity index (χ2v) is 5.34. The number of hydrogen-bond acceptors (Lipinski definition) is 3. The third kappa shape index (κ3) is 4.01. The van der Waals surface area contributed by atoms with Crippen molar-refractivity contribution in [3.8, 4) is 0 Å². The quantitative estimate of drug-likeness (QED) is 0.828. The molecule has 2 aromatic heterocycles. The number of carbonyl (C=O) groups is 1. The zero-order valence-corrected chi connectivity index (χ0v) is 11.1. The van der Waals surface area contributed by atoms with E-state index in [0.29, 0.717) is 10.9 Å². The lowest BCUT2D eigenvalue weighted by Gasteiger charge is -1.99. The highest BCUT2D eigenvalue weighted by Crippen LogP contribution is 2.22. The van der Waals surface area contributed by atoms with Gasteiger partial charge in [-0.1, -0.05) is 11.6 Å². The van der Waals surface area contributed by atoms with E-state index in [4.69, 9.17) is 11.6 Å². The maximum atomic E-state index is 11.5. The molecule has 0 atom stereocenters. The van der Waals surface area contributed by atoms with Gasteiger partial charge < -0.3 is 10.3 Å². The number of rotatable bonds is 5. The molecule has 0 aliphatic heterocycles. The van der Waals surface area contributed by atoms with Crippen molar-refractivity contribution >= 4 is 34.9 Å². The molecule has 0 unspecified atom stereocenters. The Morgan fingerprint density at radius 2 is 2.44 bits per heavy atom. The first-order valence-corrected chi connectivity index (χ1v) is 6.62. The number of halogens is 1. The lowest BCUT2D eigenvalue weighted by Crippen LogP contribution is -2.23. The Hall–Kier alpha value is -1.59. The molecule has 0 fully saturated rings. The summed E-state index contributed by atoms with van der Waals surface area (Å²) in [5.41, 5.74) is 1.00. The normalized spacial score (nSPS) is 10.9. The van der Waals surface area contributed by atoms with Gasteiger partial charge in [-0.2, -0.15) is 0 Å². The average molecular weight is 282 g/mol. The molecule has 2 rings (SSSR count). The van der Waals surface area contributed by atoms with Gasteiger partial charge in [-0.25, -0.2) is 4.98 Å². The molecular formula is C12H12ClN3OS. The molecule has 0 saturated heterocycles. The summed E-state index contributed by atoms with van der Waals surface area (Å²) in [5, 5.41) is 2.80. The Labute approximate surface area is 114 Å². The van der Waals surface area contributed by atoms with Gasteiger partial charge in [-0.15, -0.1) is 11.3 Å². The topological polar surface area (TPSA) is 57.8 Å². The maximum Gasteiger partial charge on any atom is 0.244 e. The largest absolute Gasteiger partial charge is 0.352 e. The van der Waals surface area contributed by atoms with Crippen molar-refractivity contribution in [2.45, 2.75) is 6.42 Å². The highest BCUT2D eigenvalue weighted by atomic mass is 35.5.